The number of aromatic carboxylic acids is 1. The summed E-state index contributed by atoms with van der Waals surface area (Å²) in [5.41, 5.74) is 7.19. The van der Waals surface area contributed by atoms with E-state index < -0.39 is 5.97 Å². The SMILES string of the molecule is Cc1cc(NC(=O)C(C)CCCC(C)N)ccc1C(=O)O. The van der Waals surface area contributed by atoms with E-state index in [4.69, 9.17) is 10.8 Å². The first kappa shape index (κ1) is 17.2. The lowest BCUT2D eigenvalue weighted by Crippen LogP contribution is -2.21. The van der Waals surface area contributed by atoms with Crippen molar-refractivity contribution in [3.63, 3.8) is 0 Å². The van der Waals surface area contributed by atoms with Gasteiger partial charge in [-0.3, -0.25) is 4.79 Å². The zero-order chi connectivity index (χ0) is 16.0. The highest BCUT2D eigenvalue weighted by molar-refractivity contribution is 5.94. The van der Waals surface area contributed by atoms with Crippen LogP contribution in [0.2, 0.25) is 0 Å². The third kappa shape index (κ3) is 5.55. The first-order valence-corrected chi connectivity index (χ1v) is 7.21. The Morgan fingerprint density at radius 3 is 2.48 bits per heavy atom. The molecular formula is C16H24N2O3. The number of benzene rings is 1. The molecule has 1 aromatic rings. The number of nitrogens with one attached hydrogen (secondary N) is 1. The minimum Gasteiger partial charge on any atom is -0.478 e. The fourth-order valence-corrected chi connectivity index (χ4v) is 2.12. The summed E-state index contributed by atoms with van der Waals surface area (Å²) < 4.78 is 0. The fraction of sp³-hybridized carbons (Fsp3) is 0.500. The van der Waals surface area contributed by atoms with Crippen molar-refractivity contribution in [3.05, 3.63) is 29.3 Å². The Morgan fingerprint density at radius 1 is 1.29 bits per heavy atom. The molecule has 1 aromatic carbocycles. The van der Waals surface area contributed by atoms with Crippen molar-refractivity contribution < 1.29 is 14.7 Å². The Labute approximate surface area is 125 Å². The summed E-state index contributed by atoms with van der Waals surface area (Å²) in [6.45, 7) is 5.55. The molecule has 116 valence electrons. The normalized spacial score (nSPS) is 13.5. The molecule has 2 unspecified atom stereocenters. The van der Waals surface area contributed by atoms with E-state index in [1.165, 1.54) is 6.07 Å². The van der Waals surface area contributed by atoms with E-state index in [1.54, 1.807) is 19.1 Å². The lowest BCUT2D eigenvalue weighted by Gasteiger charge is -2.13. The number of carboxylic acid groups (broad SMARTS) is 1. The minimum atomic E-state index is -0.963. The molecule has 2 atom stereocenters. The van der Waals surface area contributed by atoms with Gasteiger partial charge < -0.3 is 16.2 Å². The topological polar surface area (TPSA) is 92.4 Å². The van der Waals surface area contributed by atoms with Gasteiger partial charge in [-0.2, -0.15) is 0 Å². The summed E-state index contributed by atoms with van der Waals surface area (Å²) >= 11 is 0. The molecule has 0 bridgehead atoms. The van der Waals surface area contributed by atoms with Crippen molar-refractivity contribution >= 4 is 17.6 Å². The van der Waals surface area contributed by atoms with Crippen molar-refractivity contribution in [3.8, 4) is 0 Å². The zero-order valence-corrected chi connectivity index (χ0v) is 12.8. The third-order valence-electron chi connectivity index (χ3n) is 3.47. The number of carbonyl (C=O) groups excluding carboxylic acids is 1. The first-order valence-electron chi connectivity index (χ1n) is 7.21. The largest absolute Gasteiger partial charge is 0.478 e. The van der Waals surface area contributed by atoms with Crippen molar-refractivity contribution in [1.82, 2.24) is 0 Å². The maximum absolute atomic E-state index is 12.1. The van der Waals surface area contributed by atoms with E-state index >= 15 is 0 Å². The molecule has 0 aliphatic carbocycles. The molecule has 21 heavy (non-hydrogen) atoms. The Kier molecular flexibility index (Phi) is 6.37. The van der Waals surface area contributed by atoms with Gasteiger partial charge in [0.1, 0.15) is 0 Å². The van der Waals surface area contributed by atoms with E-state index in [2.05, 4.69) is 5.32 Å². The highest BCUT2D eigenvalue weighted by Crippen LogP contribution is 2.17. The summed E-state index contributed by atoms with van der Waals surface area (Å²) in [5.74, 6) is -1.11. The van der Waals surface area contributed by atoms with E-state index in [-0.39, 0.29) is 23.4 Å². The van der Waals surface area contributed by atoms with Crippen LogP contribution < -0.4 is 11.1 Å². The number of anilines is 1. The van der Waals surface area contributed by atoms with Crippen LogP contribution in [0.15, 0.2) is 18.2 Å². The van der Waals surface area contributed by atoms with E-state index in [1.807, 2.05) is 13.8 Å². The standard InChI is InChI=1S/C16H24N2O3/c1-10(5-4-6-12(3)17)15(19)18-13-7-8-14(16(20)21)11(2)9-13/h7-10,12H,4-6,17H2,1-3H3,(H,18,19)(H,20,21). The Morgan fingerprint density at radius 2 is 1.95 bits per heavy atom. The highest BCUT2D eigenvalue weighted by atomic mass is 16.4. The number of nitrogens with two attached hydrogens (primary N) is 1. The smallest absolute Gasteiger partial charge is 0.335 e. The van der Waals surface area contributed by atoms with E-state index in [0.717, 1.165) is 19.3 Å². The van der Waals surface area contributed by atoms with E-state index in [0.29, 0.717) is 11.3 Å². The maximum Gasteiger partial charge on any atom is 0.335 e. The molecule has 0 saturated heterocycles. The van der Waals surface area contributed by atoms with Crippen LogP contribution in [0.3, 0.4) is 0 Å². The van der Waals surface area contributed by atoms with Gasteiger partial charge in [0.25, 0.3) is 0 Å². The molecule has 0 radical (unpaired) electrons. The second-order valence-electron chi connectivity index (χ2n) is 5.63. The Balaban J connectivity index is 2.58. The molecule has 0 fully saturated rings. The monoisotopic (exact) mass is 292 g/mol. The quantitative estimate of drug-likeness (QED) is 0.720. The van der Waals surface area contributed by atoms with Gasteiger partial charge >= 0.3 is 5.97 Å². The average Bonchev–Trinajstić information content (AvgIpc) is 2.37. The molecule has 0 spiro atoms. The van der Waals surface area contributed by atoms with Gasteiger partial charge in [-0.1, -0.05) is 13.3 Å². The average molecular weight is 292 g/mol. The van der Waals surface area contributed by atoms with Gasteiger partial charge in [-0.05, 0) is 50.5 Å². The third-order valence-corrected chi connectivity index (χ3v) is 3.47. The Bertz CT molecular complexity index is 512. The number of hydrogen-bond acceptors (Lipinski definition) is 3. The minimum absolute atomic E-state index is 0.0536. The summed E-state index contributed by atoms with van der Waals surface area (Å²) in [6, 6.07) is 4.96. The molecular weight excluding hydrogens is 268 g/mol. The van der Waals surface area contributed by atoms with Crippen molar-refractivity contribution in [2.45, 2.75) is 46.1 Å². The fourth-order valence-electron chi connectivity index (χ4n) is 2.12. The van der Waals surface area contributed by atoms with Gasteiger partial charge in [0, 0.05) is 17.6 Å². The van der Waals surface area contributed by atoms with Crippen LogP contribution in [-0.2, 0) is 4.79 Å². The molecule has 0 saturated carbocycles. The molecule has 0 heterocycles. The zero-order valence-electron chi connectivity index (χ0n) is 12.8. The molecule has 0 aromatic heterocycles. The molecule has 1 amide bonds. The second-order valence-corrected chi connectivity index (χ2v) is 5.63. The first-order chi connectivity index (χ1) is 9.81. The summed E-state index contributed by atoms with van der Waals surface area (Å²) in [5, 5.41) is 11.8. The molecule has 5 nitrogen and oxygen atoms in total. The number of carboxylic acids is 1. The van der Waals surface area contributed by atoms with Gasteiger partial charge in [0.2, 0.25) is 5.91 Å². The molecule has 0 aliphatic rings. The number of amides is 1. The Hall–Kier alpha value is -1.88. The van der Waals surface area contributed by atoms with Crippen molar-refractivity contribution in [1.29, 1.82) is 0 Å². The molecule has 1 rings (SSSR count). The van der Waals surface area contributed by atoms with Crippen LogP contribution in [0, 0.1) is 12.8 Å². The van der Waals surface area contributed by atoms with Crippen molar-refractivity contribution in [2.75, 3.05) is 5.32 Å². The van der Waals surface area contributed by atoms with Crippen LogP contribution in [0.1, 0.15) is 49.0 Å². The maximum atomic E-state index is 12.1. The van der Waals surface area contributed by atoms with Crippen LogP contribution in [-0.4, -0.2) is 23.0 Å². The van der Waals surface area contributed by atoms with Crippen LogP contribution in [0.5, 0.6) is 0 Å². The van der Waals surface area contributed by atoms with Crippen LogP contribution in [0.4, 0.5) is 5.69 Å². The van der Waals surface area contributed by atoms with Crippen LogP contribution >= 0.6 is 0 Å². The van der Waals surface area contributed by atoms with Gasteiger partial charge in [-0.15, -0.1) is 0 Å². The number of carbonyl (C=O) groups is 2. The molecule has 0 aliphatic heterocycles. The highest BCUT2D eigenvalue weighted by Gasteiger charge is 2.14. The lowest BCUT2D eigenvalue weighted by molar-refractivity contribution is -0.119. The van der Waals surface area contributed by atoms with E-state index in [9.17, 15) is 9.59 Å². The predicted molar refractivity (Wildman–Crippen MR) is 83.4 cm³/mol. The van der Waals surface area contributed by atoms with Crippen LogP contribution in [0.25, 0.3) is 0 Å². The summed E-state index contributed by atoms with van der Waals surface area (Å²) in [7, 11) is 0. The summed E-state index contributed by atoms with van der Waals surface area (Å²) in [4.78, 5) is 23.0. The second kappa shape index (κ2) is 7.78. The van der Waals surface area contributed by atoms with Gasteiger partial charge in [0.05, 0.1) is 5.56 Å². The summed E-state index contributed by atoms with van der Waals surface area (Å²) in [6.07, 6.45) is 2.62. The van der Waals surface area contributed by atoms with Gasteiger partial charge in [0.15, 0.2) is 0 Å². The number of aryl methyl sites for hydroxylation is 1. The number of rotatable bonds is 7. The number of hydrogen-bond donors (Lipinski definition) is 3. The lowest BCUT2D eigenvalue weighted by atomic mass is 10.0. The van der Waals surface area contributed by atoms with Crippen molar-refractivity contribution in [2.24, 2.45) is 11.7 Å². The van der Waals surface area contributed by atoms with Gasteiger partial charge in [-0.25, -0.2) is 4.79 Å². The predicted octanol–water partition coefficient (Wildman–Crippen LogP) is 2.79. The molecule has 4 N–H and O–H groups in total. The molecule has 5 heteroatoms.